The maximum absolute atomic E-state index is 4.52. The number of rotatable bonds is 3. The molecule has 42 heavy (non-hydrogen) atoms. The van der Waals surface area contributed by atoms with Crippen molar-refractivity contribution < 1.29 is 0 Å². The van der Waals surface area contributed by atoms with Gasteiger partial charge in [-0.05, 0) is 64.9 Å². The molecule has 3 heteroatoms. The highest BCUT2D eigenvalue weighted by atomic mass is 15.0. The zero-order chi connectivity index (χ0) is 27.6. The number of aromatic nitrogens is 3. The van der Waals surface area contributed by atoms with Crippen LogP contribution in [0.2, 0.25) is 0 Å². The molecule has 0 atom stereocenters. The molecule has 0 fully saturated rings. The molecule has 3 heterocycles. The second-order valence-corrected chi connectivity index (χ2v) is 10.9. The number of nitrogens with zero attached hydrogens (tertiary/aromatic N) is 3. The van der Waals surface area contributed by atoms with Crippen molar-refractivity contribution in [3.8, 4) is 22.5 Å². The molecule has 0 saturated carbocycles. The highest BCUT2D eigenvalue weighted by Gasteiger charge is 2.16. The predicted molar refractivity (Wildman–Crippen MR) is 176 cm³/mol. The van der Waals surface area contributed by atoms with E-state index in [-0.39, 0.29) is 0 Å². The van der Waals surface area contributed by atoms with Crippen LogP contribution in [0.1, 0.15) is 0 Å². The Bertz CT molecular complexity index is 2440. The van der Waals surface area contributed by atoms with E-state index in [2.05, 4.69) is 154 Å². The summed E-state index contributed by atoms with van der Waals surface area (Å²) in [5.41, 5.74) is 8.29. The Hall–Kier alpha value is -5.67. The zero-order valence-corrected chi connectivity index (χ0v) is 22.8. The van der Waals surface area contributed by atoms with Gasteiger partial charge in [0.25, 0.3) is 0 Å². The van der Waals surface area contributed by atoms with Gasteiger partial charge in [-0.15, -0.1) is 0 Å². The SMILES string of the molecule is c1ccc(-n2ccc3cc4c(ccc5c6ccccc6n(-c6ccc(-c7cncc8ccccc78)cc6)c45)cc32)cc1. The van der Waals surface area contributed by atoms with Crippen molar-refractivity contribution in [3.05, 3.63) is 152 Å². The summed E-state index contributed by atoms with van der Waals surface area (Å²) in [5.74, 6) is 0. The maximum Gasteiger partial charge on any atom is 0.0619 e. The van der Waals surface area contributed by atoms with Gasteiger partial charge in [0.05, 0.1) is 16.6 Å². The molecular weight excluding hydrogens is 510 g/mol. The van der Waals surface area contributed by atoms with Gasteiger partial charge in [0.2, 0.25) is 0 Å². The lowest BCUT2D eigenvalue weighted by molar-refractivity contribution is 1.13. The molecule has 9 rings (SSSR count). The van der Waals surface area contributed by atoms with E-state index in [0.29, 0.717) is 0 Å². The Morgan fingerprint density at radius 3 is 2.12 bits per heavy atom. The molecule has 0 aliphatic carbocycles. The summed E-state index contributed by atoms with van der Waals surface area (Å²) in [6, 6.07) is 48.1. The van der Waals surface area contributed by atoms with Crippen LogP contribution in [-0.2, 0) is 0 Å². The Labute approximate surface area is 242 Å². The van der Waals surface area contributed by atoms with Crippen LogP contribution in [-0.4, -0.2) is 14.1 Å². The van der Waals surface area contributed by atoms with Crippen LogP contribution in [0, 0.1) is 0 Å². The van der Waals surface area contributed by atoms with Crippen LogP contribution >= 0.6 is 0 Å². The predicted octanol–water partition coefficient (Wildman–Crippen LogP) is 10.1. The third-order valence-electron chi connectivity index (χ3n) is 8.60. The minimum atomic E-state index is 1.15. The summed E-state index contributed by atoms with van der Waals surface area (Å²) in [6.07, 6.45) is 6.08. The van der Waals surface area contributed by atoms with Crippen LogP contribution < -0.4 is 0 Å². The first kappa shape index (κ1) is 23.1. The minimum absolute atomic E-state index is 1.15. The first-order valence-corrected chi connectivity index (χ1v) is 14.3. The van der Waals surface area contributed by atoms with Crippen LogP contribution in [0.25, 0.3) is 76.8 Å². The number of para-hydroxylation sites is 2. The third-order valence-corrected chi connectivity index (χ3v) is 8.60. The van der Waals surface area contributed by atoms with Gasteiger partial charge in [-0.25, -0.2) is 0 Å². The lowest BCUT2D eigenvalue weighted by Crippen LogP contribution is -1.95. The standard InChI is InChI=1S/C39H25N3/c1-2-9-30(10-3-1)41-21-20-28-22-35-27(23-38(28)41)16-19-34-33-12-6-7-13-37(33)42(39(34)35)31-17-14-26(15-18-31)36-25-40-24-29-8-4-5-11-32(29)36/h1-25H. The van der Waals surface area contributed by atoms with E-state index >= 15 is 0 Å². The van der Waals surface area contributed by atoms with Crippen LogP contribution in [0.3, 0.4) is 0 Å². The van der Waals surface area contributed by atoms with Crippen LogP contribution in [0.5, 0.6) is 0 Å². The molecule has 0 aliphatic rings. The van der Waals surface area contributed by atoms with E-state index in [0.717, 1.165) is 22.2 Å². The monoisotopic (exact) mass is 535 g/mol. The average Bonchev–Trinajstić information content (AvgIpc) is 3.63. The lowest BCUT2D eigenvalue weighted by atomic mass is 10.0. The Morgan fingerprint density at radius 1 is 0.452 bits per heavy atom. The molecule has 196 valence electrons. The van der Waals surface area contributed by atoms with Gasteiger partial charge in [0.15, 0.2) is 0 Å². The fourth-order valence-corrected chi connectivity index (χ4v) is 6.63. The highest BCUT2D eigenvalue weighted by molar-refractivity contribution is 6.20. The van der Waals surface area contributed by atoms with Gasteiger partial charge < -0.3 is 9.13 Å². The highest BCUT2D eigenvalue weighted by Crippen LogP contribution is 2.39. The quantitative estimate of drug-likeness (QED) is 0.221. The topological polar surface area (TPSA) is 22.8 Å². The molecule has 6 aromatic carbocycles. The molecule has 0 spiro atoms. The molecule has 0 unspecified atom stereocenters. The second-order valence-electron chi connectivity index (χ2n) is 10.9. The van der Waals surface area contributed by atoms with E-state index in [9.17, 15) is 0 Å². The summed E-state index contributed by atoms with van der Waals surface area (Å²) in [5, 5.41) is 8.61. The molecule has 3 aromatic heterocycles. The number of hydrogen-bond acceptors (Lipinski definition) is 1. The van der Waals surface area contributed by atoms with Crippen molar-refractivity contribution >= 4 is 54.3 Å². The molecule has 0 amide bonds. The fourth-order valence-electron chi connectivity index (χ4n) is 6.63. The molecule has 0 aliphatic heterocycles. The van der Waals surface area contributed by atoms with Crippen molar-refractivity contribution in [2.24, 2.45) is 0 Å². The molecular formula is C39H25N3. The number of pyridine rings is 1. The van der Waals surface area contributed by atoms with Gasteiger partial charge in [0, 0.05) is 62.5 Å². The largest absolute Gasteiger partial charge is 0.317 e. The van der Waals surface area contributed by atoms with Gasteiger partial charge in [0.1, 0.15) is 0 Å². The van der Waals surface area contributed by atoms with Crippen molar-refractivity contribution in [1.82, 2.24) is 14.1 Å². The summed E-state index contributed by atoms with van der Waals surface area (Å²) in [7, 11) is 0. The van der Waals surface area contributed by atoms with E-state index in [1.54, 1.807) is 0 Å². The van der Waals surface area contributed by atoms with E-state index in [1.807, 2.05) is 12.4 Å². The number of hydrogen-bond donors (Lipinski definition) is 0. The van der Waals surface area contributed by atoms with E-state index < -0.39 is 0 Å². The summed E-state index contributed by atoms with van der Waals surface area (Å²) >= 11 is 0. The van der Waals surface area contributed by atoms with Crippen molar-refractivity contribution in [3.63, 3.8) is 0 Å². The van der Waals surface area contributed by atoms with Crippen LogP contribution in [0.4, 0.5) is 0 Å². The first-order chi connectivity index (χ1) is 20.8. The molecule has 0 radical (unpaired) electrons. The first-order valence-electron chi connectivity index (χ1n) is 14.3. The average molecular weight is 536 g/mol. The van der Waals surface area contributed by atoms with E-state index in [4.69, 9.17) is 0 Å². The van der Waals surface area contributed by atoms with Gasteiger partial charge in [-0.1, -0.05) is 84.9 Å². The smallest absolute Gasteiger partial charge is 0.0619 e. The van der Waals surface area contributed by atoms with Gasteiger partial charge >= 0.3 is 0 Å². The van der Waals surface area contributed by atoms with Crippen molar-refractivity contribution in [1.29, 1.82) is 0 Å². The Morgan fingerprint density at radius 2 is 1.24 bits per heavy atom. The molecule has 3 nitrogen and oxygen atoms in total. The number of benzene rings is 6. The zero-order valence-electron chi connectivity index (χ0n) is 22.8. The Kier molecular flexibility index (Phi) is 4.90. The fraction of sp³-hybridized carbons (Fsp3) is 0. The third kappa shape index (κ3) is 3.37. The molecule has 9 aromatic rings. The lowest BCUT2D eigenvalue weighted by Gasteiger charge is -2.12. The van der Waals surface area contributed by atoms with Gasteiger partial charge in [-0.2, -0.15) is 0 Å². The minimum Gasteiger partial charge on any atom is -0.317 e. The maximum atomic E-state index is 4.52. The summed E-state index contributed by atoms with van der Waals surface area (Å²) in [4.78, 5) is 4.52. The molecule has 0 bridgehead atoms. The summed E-state index contributed by atoms with van der Waals surface area (Å²) in [6.45, 7) is 0. The second kappa shape index (κ2) is 8.92. The molecule has 0 saturated heterocycles. The van der Waals surface area contributed by atoms with Crippen molar-refractivity contribution in [2.75, 3.05) is 0 Å². The normalized spacial score (nSPS) is 11.8. The number of fused-ring (bicyclic) bond motifs is 7. The molecule has 0 N–H and O–H groups in total. The van der Waals surface area contributed by atoms with Gasteiger partial charge in [-0.3, -0.25) is 4.98 Å². The van der Waals surface area contributed by atoms with Crippen LogP contribution in [0.15, 0.2) is 152 Å². The summed E-state index contributed by atoms with van der Waals surface area (Å²) < 4.78 is 4.70. The van der Waals surface area contributed by atoms with E-state index in [1.165, 1.54) is 54.6 Å². The Balaban J connectivity index is 1.28. The van der Waals surface area contributed by atoms with Crippen molar-refractivity contribution in [2.45, 2.75) is 0 Å².